The van der Waals surface area contributed by atoms with Crippen LogP contribution >= 0.6 is 0 Å². The number of carbonyl (C=O) groups excluding carboxylic acids is 2. The SMILES string of the molecule is CCCOc1ccc(CCC(=O)N[C@H]2CCC(=O)N(C)C2)cc1. The Morgan fingerprint density at radius 2 is 2.09 bits per heavy atom. The number of hydrogen-bond acceptors (Lipinski definition) is 3. The molecule has 1 N–H and O–H groups in total. The number of piperidine rings is 1. The molecule has 1 aromatic rings. The van der Waals surface area contributed by atoms with Gasteiger partial charge < -0.3 is 15.0 Å². The monoisotopic (exact) mass is 318 g/mol. The number of likely N-dealkylation sites (N-methyl/N-ethyl adjacent to an activating group) is 1. The Balaban J connectivity index is 1.72. The number of carbonyl (C=O) groups is 2. The number of ether oxygens (including phenoxy) is 1. The summed E-state index contributed by atoms with van der Waals surface area (Å²) in [6.45, 7) is 3.40. The molecule has 0 aromatic heterocycles. The van der Waals surface area contributed by atoms with E-state index in [1.807, 2.05) is 24.3 Å². The van der Waals surface area contributed by atoms with Gasteiger partial charge in [0.2, 0.25) is 11.8 Å². The van der Waals surface area contributed by atoms with Gasteiger partial charge in [-0.25, -0.2) is 0 Å². The number of likely N-dealkylation sites (tertiary alicyclic amines) is 1. The number of amides is 2. The normalized spacial score (nSPS) is 17.9. The number of benzene rings is 1. The molecule has 0 radical (unpaired) electrons. The predicted octanol–water partition coefficient (Wildman–Crippen LogP) is 2.14. The second kappa shape index (κ2) is 8.56. The molecule has 0 aliphatic carbocycles. The molecule has 5 nitrogen and oxygen atoms in total. The Hall–Kier alpha value is -2.04. The fourth-order valence-electron chi connectivity index (χ4n) is 2.66. The van der Waals surface area contributed by atoms with Crippen LogP contribution in [0.15, 0.2) is 24.3 Å². The van der Waals surface area contributed by atoms with Gasteiger partial charge in [0.1, 0.15) is 5.75 Å². The molecule has 2 amide bonds. The Morgan fingerprint density at radius 3 is 2.74 bits per heavy atom. The van der Waals surface area contributed by atoms with Crippen LogP contribution in [0.4, 0.5) is 0 Å². The molecule has 0 bridgehead atoms. The molecular weight excluding hydrogens is 292 g/mol. The van der Waals surface area contributed by atoms with Crippen molar-refractivity contribution < 1.29 is 14.3 Å². The first-order chi connectivity index (χ1) is 11.1. The summed E-state index contributed by atoms with van der Waals surface area (Å²) in [6, 6.07) is 7.99. The van der Waals surface area contributed by atoms with Crippen LogP contribution in [0.5, 0.6) is 5.75 Å². The summed E-state index contributed by atoms with van der Waals surface area (Å²) in [5, 5.41) is 3.02. The molecule has 126 valence electrons. The molecule has 23 heavy (non-hydrogen) atoms. The van der Waals surface area contributed by atoms with Crippen molar-refractivity contribution in [2.24, 2.45) is 0 Å². The minimum Gasteiger partial charge on any atom is -0.494 e. The van der Waals surface area contributed by atoms with E-state index in [0.29, 0.717) is 25.8 Å². The zero-order valence-electron chi connectivity index (χ0n) is 14.0. The largest absolute Gasteiger partial charge is 0.494 e. The summed E-state index contributed by atoms with van der Waals surface area (Å²) in [7, 11) is 1.78. The summed E-state index contributed by atoms with van der Waals surface area (Å²) in [6.07, 6.45) is 3.41. The van der Waals surface area contributed by atoms with Gasteiger partial charge in [0.05, 0.1) is 6.61 Å². The van der Waals surface area contributed by atoms with E-state index in [4.69, 9.17) is 4.74 Å². The van der Waals surface area contributed by atoms with Crippen molar-refractivity contribution in [2.75, 3.05) is 20.2 Å². The lowest BCUT2D eigenvalue weighted by atomic mass is 10.0. The standard InChI is InChI=1S/C18H26N2O3/c1-3-12-23-16-8-4-14(5-9-16)6-10-17(21)19-15-7-11-18(22)20(2)13-15/h4-5,8-9,15H,3,6-7,10-13H2,1-2H3,(H,19,21)/t15-/m0/s1. The number of hydrogen-bond donors (Lipinski definition) is 1. The molecule has 1 aromatic carbocycles. The lowest BCUT2D eigenvalue weighted by Gasteiger charge is -2.30. The van der Waals surface area contributed by atoms with Gasteiger partial charge in [-0.3, -0.25) is 9.59 Å². The van der Waals surface area contributed by atoms with Gasteiger partial charge in [0.15, 0.2) is 0 Å². The fraction of sp³-hybridized carbons (Fsp3) is 0.556. The van der Waals surface area contributed by atoms with Crippen LogP contribution in [0.1, 0.15) is 38.2 Å². The van der Waals surface area contributed by atoms with E-state index in [1.165, 1.54) is 0 Å². The topological polar surface area (TPSA) is 58.6 Å². The van der Waals surface area contributed by atoms with Crippen molar-refractivity contribution >= 4 is 11.8 Å². The highest BCUT2D eigenvalue weighted by molar-refractivity contribution is 5.79. The molecule has 2 rings (SSSR count). The Labute approximate surface area is 138 Å². The van der Waals surface area contributed by atoms with Crippen LogP contribution in [0, 0.1) is 0 Å². The van der Waals surface area contributed by atoms with E-state index in [9.17, 15) is 9.59 Å². The zero-order valence-corrected chi connectivity index (χ0v) is 14.0. The highest BCUT2D eigenvalue weighted by Crippen LogP contribution is 2.14. The van der Waals surface area contributed by atoms with Gasteiger partial charge >= 0.3 is 0 Å². The van der Waals surface area contributed by atoms with Gasteiger partial charge in [0, 0.05) is 32.5 Å². The average Bonchev–Trinajstić information content (AvgIpc) is 2.55. The van der Waals surface area contributed by atoms with Crippen molar-refractivity contribution in [1.82, 2.24) is 10.2 Å². The number of nitrogens with zero attached hydrogens (tertiary/aromatic N) is 1. The molecule has 1 heterocycles. The van der Waals surface area contributed by atoms with Crippen molar-refractivity contribution in [1.29, 1.82) is 0 Å². The van der Waals surface area contributed by atoms with Crippen molar-refractivity contribution in [3.05, 3.63) is 29.8 Å². The molecule has 0 spiro atoms. The summed E-state index contributed by atoms with van der Waals surface area (Å²) >= 11 is 0. The lowest BCUT2D eigenvalue weighted by Crippen LogP contribution is -2.48. The molecule has 1 saturated heterocycles. The maximum atomic E-state index is 12.0. The molecule has 0 unspecified atom stereocenters. The van der Waals surface area contributed by atoms with E-state index in [0.717, 1.165) is 30.8 Å². The van der Waals surface area contributed by atoms with Crippen LogP contribution in [0.2, 0.25) is 0 Å². The molecule has 1 atom stereocenters. The minimum atomic E-state index is 0.0454. The van der Waals surface area contributed by atoms with Crippen molar-refractivity contribution in [3.63, 3.8) is 0 Å². The number of nitrogens with one attached hydrogen (secondary N) is 1. The summed E-state index contributed by atoms with van der Waals surface area (Å²) in [4.78, 5) is 25.2. The molecule has 1 aliphatic rings. The van der Waals surface area contributed by atoms with Gasteiger partial charge in [-0.05, 0) is 37.0 Å². The van der Waals surface area contributed by atoms with E-state index >= 15 is 0 Å². The highest BCUT2D eigenvalue weighted by atomic mass is 16.5. The lowest BCUT2D eigenvalue weighted by molar-refractivity contribution is -0.134. The highest BCUT2D eigenvalue weighted by Gasteiger charge is 2.23. The van der Waals surface area contributed by atoms with Crippen LogP contribution in [0.25, 0.3) is 0 Å². The summed E-state index contributed by atoms with van der Waals surface area (Å²) in [5.41, 5.74) is 1.12. The maximum absolute atomic E-state index is 12.0. The van der Waals surface area contributed by atoms with E-state index < -0.39 is 0 Å². The average molecular weight is 318 g/mol. The Bertz CT molecular complexity index is 528. The van der Waals surface area contributed by atoms with E-state index in [1.54, 1.807) is 11.9 Å². The smallest absolute Gasteiger partial charge is 0.222 e. The first kappa shape index (κ1) is 17.3. The Morgan fingerprint density at radius 1 is 1.35 bits per heavy atom. The first-order valence-electron chi connectivity index (χ1n) is 8.33. The van der Waals surface area contributed by atoms with Crippen molar-refractivity contribution in [2.45, 2.75) is 45.1 Å². The fourth-order valence-corrected chi connectivity index (χ4v) is 2.66. The quantitative estimate of drug-likeness (QED) is 0.838. The summed E-state index contributed by atoms with van der Waals surface area (Å²) < 4.78 is 5.54. The van der Waals surface area contributed by atoms with Gasteiger partial charge in [-0.2, -0.15) is 0 Å². The van der Waals surface area contributed by atoms with E-state index in [-0.39, 0.29) is 17.9 Å². The second-order valence-corrected chi connectivity index (χ2v) is 6.07. The van der Waals surface area contributed by atoms with Crippen LogP contribution in [0.3, 0.4) is 0 Å². The summed E-state index contributed by atoms with van der Waals surface area (Å²) in [5.74, 6) is 1.07. The van der Waals surface area contributed by atoms with Gasteiger partial charge in [-0.1, -0.05) is 19.1 Å². The molecule has 1 fully saturated rings. The van der Waals surface area contributed by atoms with E-state index in [2.05, 4.69) is 12.2 Å². The predicted molar refractivity (Wildman–Crippen MR) is 89.4 cm³/mol. The third-order valence-corrected chi connectivity index (χ3v) is 4.03. The van der Waals surface area contributed by atoms with Crippen LogP contribution in [-0.2, 0) is 16.0 Å². The molecule has 1 aliphatic heterocycles. The molecule has 0 saturated carbocycles. The number of rotatable bonds is 7. The van der Waals surface area contributed by atoms with Gasteiger partial charge in [0.25, 0.3) is 0 Å². The van der Waals surface area contributed by atoms with Crippen LogP contribution < -0.4 is 10.1 Å². The minimum absolute atomic E-state index is 0.0454. The second-order valence-electron chi connectivity index (χ2n) is 6.07. The molecular formula is C18H26N2O3. The van der Waals surface area contributed by atoms with Crippen molar-refractivity contribution in [3.8, 4) is 5.75 Å². The number of aryl methyl sites for hydroxylation is 1. The zero-order chi connectivity index (χ0) is 16.7. The molecule has 5 heteroatoms. The first-order valence-corrected chi connectivity index (χ1v) is 8.33. The maximum Gasteiger partial charge on any atom is 0.222 e. The Kier molecular flexibility index (Phi) is 6.44. The third kappa shape index (κ3) is 5.58. The van der Waals surface area contributed by atoms with Gasteiger partial charge in [-0.15, -0.1) is 0 Å². The third-order valence-electron chi connectivity index (χ3n) is 4.03. The van der Waals surface area contributed by atoms with Crippen LogP contribution in [-0.4, -0.2) is 43.0 Å².